The van der Waals surface area contributed by atoms with E-state index in [1.54, 1.807) is 0 Å². The number of carbonyl (C=O) groups excluding carboxylic acids is 3. The van der Waals surface area contributed by atoms with Gasteiger partial charge in [-0.3, -0.25) is 14.4 Å². The standard InChI is InChI=1S/C61H108O6/c1-4-7-10-13-16-19-22-24-26-27-28-29-30-31-32-33-35-36-39-42-45-48-51-54-60(63)66-57-58(56-65-59(62)53-50-47-44-41-38-21-18-15-12-9-6-3)67-61(64)55-52-49-46-43-40-37-34-25-23-20-17-14-11-8-5-2/h7,10,16,19,24-26,28-29,34,58H,4-6,8-9,11-15,17-18,20-23,27,30-33,35-57H2,1-3H3/b10-7-,19-16-,26-24-,29-28-,34-25-. The Balaban J connectivity index is 4.29. The van der Waals surface area contributed by atoms with Gasteiger partial charge in [0, 0.05) is 19.3 Å². The van der Waals surface area contributed by atoms with Gasteiger partial charge in [-0.25, -0.2) is 0 Å². The van der Waals surface area contributed by atoms with Gasteiger partial charge in [0.2, 0.25) is 0 Å². The molecule has 0 saturated heterocycles. The molecule has 0 N–H and O–H groups in total. The van der Waals surface area contributed by atoms with Gasteiger partial charge in [-0.1, -0.05) is 248 Å². The van der Waals surface area contributed by atoms with Crippen LogP contribution in [-0.2, 0) is 28.6 Å². The zero-order valence-electron chi connectivity index (χ0n) is 44.4. The summed E-state index contributed by atoms with van der Waals surface area (Å²) < 4.78 is 16.8. The van der Waals surface area contributed by atoms with Crippen LogP contribution in [0.25, 0.3) is 0 Å². The summed E-state index contributed by atoms with van der Waals surface area (Å²) in [6, 6.07) is 0. The number of allylic oxidation sites excluding steroid dienone is 10. The van der Waals surface area contributed by atoms with Crippen molar-refractivity contribution >= 4 is 17.9 Å². The lowest BCUT2D eigenvalue weighted by Gasteiger charge is -2.18. The quantitative estimate of drug-likeness (QED) is 0.0262. The molecule has 0 bridgehead atoms. The number of rotatable bonds is 52. The van der Waals surface area contributed by atoms with Crippen molar-refractivity contribution in [3.8, 4) is 0 Å². The van der Waals surface area contributed by atoms with Gasteiger partial charge in [0.25, 0.3) is 0 Å². The Morgan fingerprint density at radius 2 is 0.582 bits per heavy atom. The maximum Gasteiger partial charge on any atom is 0.306 e. The summed E-state index contributed by atoms with van der Waals surface area (Å²) in [4.78, 5) is 38.1. The predicted octanol–water partition coefficient (Wildman–Crippen LogP) is 19.2. The molecule has 0 amide bonds. The molecule has 0 aromatic heterocycles. The van der Waals surface area contributed by atoms with E-state index >= 15 is 0 Å². The third kappa shape index (κ3) is 53.9. The molecule has 0 spiro atoms. The number of unbranched alkanes of at least 4 members (excludes halogenated alkanes) is 31. The lowest BCUT2D eigenvalue weighted by Crippen LogP contribution is -2.30. The molecule has 0 radical (unpaired) electrons. The Bertz CT molecular complexity index is 1210. The van der Waals surface area contributed by atoms with Crippen LogP contribution in [0, 0.1) is 0 Å². The van der Waals surface area contributed by atoms with Crippen molar-refractivity contribution in [1.29, 1.82) is 0 Å². The Hall–Kier alpha value is -2.89. The number of hydrogen-bond donors (Lipinski definition) is 0. The van der Waals surface area contributed by atoms with E-state index in [9.17, 15) is 14.4 Å². The second-order valence-corrected chi connectivity index (χ2v) is 19.2. The van der Waals surface area contributed by atoms with E-state index in [0.29, 0.717) is 19.3 Å². The summed E-state index contributed by atoms with van der Waals surface area (Å²) in [6.07, 6.45) is 69.3. The zero-order valence-corrected chi connectivity index (χ0v) is 44.4. The molecule has 6 heteroatoms. The molecule has 0 aliphatic carbocycles. The summed E-state index contributed by atoms with van der Waals surface area (Å²) in [7, 11) is 0. The molecule has 0 saturated carbocycles. The smallest absolute Gasteiger partial charge is 0.306 e. The molecule has 0 aliphatic rings. The largest absolute Gasteiger partial charge is 0.462 e. The summed E-state index contributed by atoms with van der Waals surface area (Å²) >= 11 is 0. The van der Waals surface area contributed by atoms with Gasteiger partial charge in [-0.15, -0.1) is 0 Å². The average Bonchev–Trinajstić information content (AvgIpc) is 3.33. The number of hydrogen-bond acceptors (Lipinski definition) is 6. The first-order valence-corrected chi connectivity index (χ1v) is 28.8. The van der Waals surface area contributed by atoms with E-state index in [4.69, 9.17) is 14.2 Å². The maximum atomic E-state index is 12.8. The van der Waals surface area contributed by atoms with E-state index < -0.39 is 6.10 Å². The molecule has 0 aromatic carbocycles. The second-order valence-electron chi connectivity index (χ2n) is 19.2. The highest BCUT2D eigenvalue weighted by atomic mass is 16.6. The highest BCUT2D eigenvalue weighted by Gasteiger charge is 2.19. The van der Waals surface area contributed by atoms with E-state index in [-0.39, 0.29) is 31.1 Å². The molecule has 0 fully saturated rings. The SMILES string of the molecule is CC/C=C\C/C=C\C/C=C\C/C=C\CCCCCCCCCCCCC(=O)OCC(COC(=O)CCCCCCCCCCCCC)OC(=O)CCCCCCC/C=C\CCCCCCCC. The minimum absolute atomic E-state index is 0.0758. The van der Waals surface area contributed by atoms with Crippen LogP contribution in [0.1, 0.15) is 290 Å². The van der Waals surface area contributed by atoms with Crippen molar-refractivity contribution in [1.82, 2.24) is 0 Å². The summed E-state index contributed by atoms with van der Waals surface area (Å²) in [6.45, 7) is 6.53. The lowest BCUT2D eigenvalue weighted by molar-refractivity contribution is -0.167. The molecule has 0 rings (SSSR count). The van der Waals surface area contributed by atoms with E-state index in [2.05, 4.69) is 81.5 Å². The Morgan fingerprint density at radius 3 is 0.925 bits per heavy atom. The van der Waals surface area contributed by atoms with E-state index in [1.807, 2.05) is 0 Å². The molecular weight excluding hydrogens is 829 g/mol. The Kier molecular flexibility index (Phi) is 53.3. The van der Waals surface area contributed by atoms with Crippen molar-refractivity contribution in [2.75, 3.05) is 13.2 Å². The molecule has 0 aliphatic heterocycles. The minimum atomic E-state index is -0.777. The summed E-state index contributed by atoms with van der Waals surface area (Å²) in [5, 5.41) is 0. The van der Waals surface area contributed by atoms with Crippen molar-refractivity contribution in [3.63, 3.8) is 0 Å². The number of carbonyl (C=O) groups is 3. The summed E-state index contributed by atoms with van der Waals surface area (Å²) in [5.41, 5.74) is 0. The molecule has 0 heterocycles. The number of esters is 3. The molecule has 0 aromatic rings. The highest BCUT2D eigenvalue weighted by molar-refractivity contribution is 5.71. The maximum absolute atomic E-state index is 12.8. The number of ether oxygens (including phenoxy) is 3. The van der Waals surface area contributed by atoms with Crippen LogP contribution in [0.3, 0.4) is 0 Å². The molecule has 388 valence electrons. The van der Waals surface area contributed by atoms with Gasteiger partial charge >= 0.3 is 17.9 Å². The first kappa shape index (κ1) is 64.1. The topological polar surface area (TPSA) is 78.9 Å². The summed E-state index contributed by atoms with van der Waals surface area (Å²) in [5.74, 6) is -0.879. The normalized spacial score (nSPS) is 12.5. The van der Waals surface area contributed by atoms with Crippen LogP contribution in [0.15, 0.2) is 60.8 Å². The molecule has 1 unspecified atom stereocenters. The fourth-order valence-corrected chi connectivity index (χ4v) is 8.19. The highest BCUT2D eigenvalue weighted by Crippen LogP contribution is 2.16. The molecular formula is C61H108O6. The first-order chi connectivity index (χ1) is 33.0. The minimum Gasteiger partial charge on any atom is -0.462 e. The fourth-order valence-electron chi connectivity index (χ4n) is 8.19. The molecule has 6 nitrogen and oxygen atoms in total. The van der Waals surface area contributed by atoms with Crippen LogP contribution in [-0.4, -0.2) is 37.2 Å². The van der Waals surface area contributed by atoms with Crippen LogP contribution in [0.2, 0.25) is 0 Å². The van der Waals surface area contributed by atoms with Crippen molar-refractivity contribution in [2.24, 2.45) is 0 Å². The van der Waals surface area contributed by atoms with Gasteiger partial charge in [0.1, 0.15) is 13.2 Å². The fraction of sp³-hybridized carbons (Fsp3) is 0.787. The van der Waals surface area contributed by atoms with Crippen molar-refractivity contribution in [3.05, 3.63) is 60.8 Å². The van der Waals surface area contributed by atoms with Crippen LogP contribution < -0.4 is 0 Å². The van der Waals surface area contributed by atoms with Crippen LogP contribution >= 0.6 is 0 Å². The van der Waals surface area contributed by atoms with E-state index in [1.165, 1.54) is 161 Å². The van der Waals surface area contributed by atoms with Gasteiger partial charge in [-0.2, -0.15) is 0 Å². The lowest BCUT2D eigenvalue weighted by atomic mass is 10.1. The van der Waals surface area contributed by atoms with Gasteiger partial charge < -0.3 is 14.2 Å². The van der Waals surface area contributed by atoms with E-state index in [0.717, 1.165) is 89.9 Å². The third-order valence-corrected chi connectivity index (χ3v) is 12.5. The third-order valence-electron chi connectivity index (χ3n) is 12.5. The van der Waals surface area contributed by atoms with Crippen molar-refractivity contribution < 1.29 is 28.6 Å². The zero-order chi connectivity index (χ0) is 48.6. The predicted molar refractivity (Wildman–Crippen MR) is 288 cm³/mol. The van der Waals surface area contributed by atoms with Gasteiger partial charge in [-0.05, 0) is 83.5 Å². The average molecular weight is 938 g/mol. The Labute approximate surface area is 415 Å². The molecule has 1 atom stereocenters. The van der Waals surface area contributed by atoms with Crippen LogP contribution in [0.4, 0.5) is 0 Å². The van der Waals surface area contributed by atoms with Crippen LogP contribution in [0.5, 0.6) is 0 Å². The first-order valence-electron chi connectivity index (χ1n) is 28.8. The molecule has 67 heavy (non-hydrogen) atoms. The van der Waals surface area contributed by atoms with Gasteiger partial charge in [0.15, 0.2) is 6.10 Å². The van der Waals surface area contributed by atoms with Gasteiger partial charge in [0.05, 0.1) is 0 Å². The second kappa shape index (κ2) is 55.7. The Morgan fingerprint density at radius 1 is 0.313 bits per heavy atom. The monoisotopic (exact) mass is 937 g/mol. The van der Waals surface area contributed by atoms with Crippen molar-refractivity contribution in [2.45, 2.75) is 297 Å².